The Bertz CT molecular complexity index is 1130. The number of nitrogens with zero attached hydrogens (tertiary/aromatic N) is 5. The van der Waals surface area contributed by atoms with Crippen LogP contribution in [-0.2, 0) is 11.3 Å². The van der Waals surface area contributed by atoms with E-state index >= 15 is 0 Å². The Labute approximate surface area is 166 Å². The van der Waals surface area contributed by atoms with Gasteiger partial charge in [-0.25, -0.2) is 24.7 Å². The van der Waals surface area contributed by atoms with Crippen LogP contribution in [0.25, 0.3) is 11.2 Å². The van der Waals surface area contributed by atoms with Crippen LogP contribution in [0.1, 0.15) is 16.8 Å². The maximum absolute atomic E-state index is 12.5. The van der Waals surface area contributed by atoms with Gasteiger partial charge in [0.15, 0.2) is 11.5 Å². The zero-order valence-electron chi connectivity index (χ0n) is 15.4. The van der Waals surface area contributed by atoms with Crippen LogP contribution >= 0.6 is 0 Å². The number of fused-ring (bicyclic) bond motifs is 1. The molecule has 29 heavy (non-hydrogen) atoms. The summed E-state index contributed by atoms with van der Waals surface area (Å²) in [5, 5.41) is 0. The van der Waals surface area contributed by atoms with Crippen LogP contribution in [0.5, 0.6) is 11.6 Å². The van der Waals surface area contributed by atoms with Crippen molar-refractivity contribution in [3.63, 3.8) is 0 Å². The highest BCUT2D eigenvalue weighted by Crippen LogP contribution is 2.23. The highest BCUT2D eigenvalue weighted by atomic mass is 16.5. The van der Waals surface area contributed by atoms with Crippen molar-refractivity contribution in [1.82, 2.24) is 24.5 Å². The second-order valence-corrected chi connectivity index (χ2v) is 6.13. The number of hydrogen-bond acceptors (Lipinski definition) is 8. The zero-order chi connectivity index (χ0) is 20.1. The van der Waals surface area contributed by atoms with Gasteiger partial charge in [0.25, 0.3) is 0 Å². The second-order valence-electron chi connectivity index (χ2n) is 6.13. The number of ether oxygens (including phenoxy) is 2. The Balaban J connectivity index is 1.36. The Morgan fingerprint density at radius 1 is 1.03 bits per heavy atom. The highest BCUT2D eigenvalue weighted by molar-refractivity contribution is 5.91. The van der Waals surface area contributed by atoms with E-state index in [2.05, 4.69) is 19.9 Å². The molecule has 9 nitrogen and oxygen atoms in total. The summed E-state index contributed by atoms with van der Waals surface area (Å²) in [6, 6.07) is 12.4. The lowest BCUT2D eigenvalue weighted by Crippen LogP contribution is -2.10. The van der Waals surface area contributed by atoms with Gasteiger partial charge in [0.1, 0.15) is 23.2 Å². The maximum atomic E-state index is 12.5. The third kappa shape index (κ3) is 4.13. The first-order chi connectivity index (χ1) is 14.2. The van der Waals surface area contributed by atoms with Crippen molar-refractivity contribution in [1.29, 1.82) is 0 Å². The number of anilines is 1. The molecule has 0 amide bonds. The smallest absolute Gasteiger partial charge is 0.343 e. The number of imidazole rings is 1. The van der Waals surface area contributed by atoms with E-state index in [0.29, 0.717) is 35.7 Å². The number of nitrogens with two attached hydrogens (primary N) is 1. The summed E-state index contributed by atoms with van der Waals surface area (Å²) < 4.78 is 12.9. The second kappa shape index (κ2) is 8.34. The zero-order valence-corrected chi connectivity index (χ0v) is 15.4. The van der Waals surface area contributed by atoms with Crippen molar-refractivity contribution in [2.45, 2.75) is 13.0 Å². The molecule has 0 aliphatic heterocycles. The van der Waals surface area contributed by atoms with Crippen LogP contribution in [0.15, 0.2) is 61.3 Å². The van der Waals surface area contributed by atoms with Gasteiger partial charge < -0.3 is 19.8 Å². The predicted octanol–water partition coefficient (Wildman–Crippen LogP) is 2.84. The molecular weight excluding hydrogens is 372 g/mol. The number of para-hydroxylation sites is 1. The summed E-state index contributed by atoms with van der Waals surface area (Å²) in [5.74, 6) is 0.638. The van der Waals surface area contributed by atoms with Gasteiger partial charge >= 0.3 is 5.97 Å². The molecule has 0 aliphatic rings. The minimum Gasteiger partial charge on any atom is -0.462 e. The highest BCUT2D eigenvalue weighted by Gasteiger charge is 2.16. The van der Waals surface area contributed by atoms with Crippen molar-refractivity contribution in [2.75, 3.05) is 12.3 Å². The number of pyridine rings is 1. The van der Waals surface area contributed by atoms with E-state index < -0.39 is 5.97 Å². The number of nitrogen functional groups attached to an aromatic ring is 1. The number of carbonyl (C=O) groups excluding carboxylic acids is 1. The molecule has 9 heteroatoms. The molecule has 0 spiro atoms. The third-order valence-corrected chi connectivity index (χ3v) is 4.15. The molecule has 1 aromatic carbocycles. The molecule has 4 aromatic rings. The molecule has 0 radical (unpaired) electrons. The molecule has 0 saturated heterocycles. The predicted molar refractivity (Wildman–Crippen MR) is 105 cm³/mol. The van der Waals surface area contributed by atoms with Crippen LogP contribution in [0.3, 0.4) is 0 Å². The van der Waals surface area contributed by atoms with Gasteiger partial charge in [-0.15, -0.1) is 0 Å². The summed E-state index contributed by atoms with van der Waals surface area (Å²) >= 11 is 0. The van der Waals surface area contributed by atoms with Gasteiger partial charge in [-0.1, -0.05) is 18.2 Å². The van der Waals surface area contributed by atoms with E-state index in [4.69, 9.17) is 15.2 Å². The van der Waals surface area contributed by atoms with Crippen LogP contribution in [-0.4, -0.2) is 37.1 Å². The van der Waals surface area contributed by atoms with E-state index in [1.165, 1.54) is 6.33 Å². The van der Waals surface area contributed by atoms with Gasteiger partial charge in [0.2, 0.25) is 5.88 Å². The minimum atomic E-state index is -0.494. The molecule has 0 unspecified atom stereocenters. The fraction of sp³-hybridized carbons (Fsp3) is 0.150. The first-order valence-corrected chi connectivity index (χ1v) is 8.99. The molecule has 2 N–H and O–H groups in total. The number of aryl methyl sites for hydroxylation is 1. The summed E-state index contributed by atoms with van der Waals surface area (Å²) in [4.78, 5) is 28.9. The van der Waals surface area contributed by atoms with E-state index in [1.54, 1.807) is 36.8 Å². The van der Waals surface area contributed by atoms with Crippen LogP contribution in [0.4, 0.5) is 5.82 Å². The van der Waals surface area contributed by atoms with Gasteiger partial charge in [-0.05, 0) is 30.7 Å². The Hall–Kier alpha value is -4.01. The summed E-state index contributed by atoms with van der Waals surface area (Å²) in [6.45, 7) is 0.791. The molecule has 0 aliphatic carbocycles. The molecule has 4 rings (SSSR count). The first kappa shape index (κ1) is 18.4. The largest absolute Gasteiger partial charge is 0.462 e. The lowest BCUT2D eigenvalue weighted by molar-refractivity contribution is 0.0492. The molecule has 3 aromatic heterocycles. The lowest BCUT2D eigenvalue weighted by atomic mass is 10.2. The molecular formula is C20H18N6O3. The van der Waals surface area contributed by atoms with Crippen molar-refractivity contribution >= 4 is 23.0 Å². The standard InChI is InChI=1S/C20H18N6O3/c21-17-16-18(24-12-23-17)26(13-25-16)10-5-11-28-20(27)15-8-4-9-22-19(15)29-14-6-2-1-3-7-14/h1-4,6-9,12-13H,5,10-11H2,(H2,21,23,24). The van der Waals surface area contributed by atoms with Gasteiger partial charge in [-0.3, -0.25) is 0 Å². The number of benzene rings is 1. The molecule has 3 heterocycles. The Morgan fingerprint density at radius 3 is 2.76 bits per heavy atom. The lowest BCUT2D eigenvalue weighted by Gasteiger charge is -2.10. The molecule has 0 atom stereocenters. The molecule has 146 valence electrons. The van der Waals surface area contributed by atoms with E-state index in [9.17, 15) is 4.79 Å². The Morgan fingerprint density at radius 2 is 1.90 bits per heavy atom. The molecule has 0 fully saturated rings. The third-order valence-electron chi connectivity index (χ3n) is 4.15. The quantitative estimate of drug-likeness (QED) is 0.378. The number of hydrogen-bond donors (Lipinski definition) is 1. The molecule has 0 bridgehead atoms. The van der Waals surface area contributed by atoms with Crippen molar-refractivity contribution in [3.05, 3.63) is 66.9 Å². The van der Waals surface area contributed by atoms with E-state index in [1.807, 2.05) is 22.8 Å². The van der Waals surface area contributed by atoms with Crippen LogP contribution in [0.2, 0.25) is 0 Å². The van der Waals surface area contributed by atoms with Gasteiger partial charge in [0.05, 0.1) is 12.9 Å². The summed E-state index contributed by atoms with van der Waals surface area (Å²) in [5.41, 5.74) is 7.26. The van der Waals surface area contributed by atoms with Gasteiger partial charge in [0, 0.05) is 12.7 Å². The number of aromatic nitrogens is 5. The first-order valence-electron chi connectivity index (χ1n) is 8.99. The topological polar surface area (TPSA) is 118 Å². The van der Waals surface area contributed by atoms with Crippen molar-refractivity contribution in [3.8, 4) is 11.6 Å². The fourth-order valence-corrected chi connectivity index (χ4v) is 2.77. The average molecular weight is 390 g/mol. The number of rotatable bonds is 7. The van der Waals surface area contributed by atoms with Crippen molar-refractivity contribution < 1.29 is 14.3 Å². The normalized spacial score (nSPS) is 10.8. The number of carbonyl (C=O) groups is 1. The number of esters is 1. The summed E-state index contributed by atoms with van der Waals surface area (Å²) in [7, 11) is 0. The summed E-state index contributed by atoms with van der Waals surface area (Å²) in [6.07, 6.45) is 5.18. The van der Waals surface area contributed by atoms with Gasteiger partial charge in [-0.2, -0.15) is 0 Å². The van der Waals surface area contributed by atoms with Crippen molar-refractivity contribution in [2.24, 2.45) is 0 Å². The fourth-order valence-electron chi connectivity index (χ4n) is 2.77. The Kier molecular flexibility index (Phi) is 5.28. The van der Waals surface area contributed by atoms with Crippen LogP contribution in [0, 0.1) is 0 Å². The SMILES string of the molecule is Nc1ncnc2c1ncn2CCCOC(=O)c1cccnc1Oc1ccccc1. The van der Waals surface area contributed by atoms with E-state index in [0.717, 1.165) is 0 Å². The van der Waals surface area contributed by atoms with E-state index in [-0.39, 0.29) is 18.1 Å². The van der Waals surface area contributed by atoms with Crippen LogP contribution < -0.4 is 10.5 Å². The molecule has 0 saturated carbocycles. The average Bonchev–Trinajstić information content (AvgIpc) is 3.17. The minimum absolute atomic E-state index is 0.205. The monoisotopic (exact) mass is 390 g/mol. The maximum Gasteiger partial charge on any atom is 0.343 e.